The maximum atomic E-state index is 12.9. The van der Waals surface area contributed by atoms with E-state index in [4.69, 9.17) is 10.5 Å². The van der Waals surface area contributed by atoms with Crippen molar-refractivity contribution < 1.29 is 9.13 Å². The van der Waals surface area contributed by atoms with E-state index in [-0.39, 0.29) is 29.8 Å². The van der Waals surface area contributed by atoms with Gasteiger partial charge in [0.05, 0.1) is 6.54 Å². The number of nitrogens with zero attached hydrogens (tertiary/aromatic N) is 1. The Kier molecular flexibility index (Phi) is 8.41. The highest BCUT2D eigenvalue weighted by Crippen LogP contribution is 2.17. The zero-order chi connectivity index (χ0) is 14.2. The van der Waals surface area contributed by atoms with E-state index in [2.05, 4.69) is 10.3 Å². The molecule has 0 spiro atoms. The molecule has 0 amide bonds. The molecule has 0 saturated heterocycles. The van der Waals surface area contributed by atoms with Crippen LogP contribution < -0.4 is 15.8 Å². The van der Waals surface area contributed by atoms with Crippen molar-refractivity contribution in [3.8, 4) is 5.75 Å². The summed E-state index contributed by atoms with van der Waals surface area (Å²) in [4.78, 5) is 4.22. The van der Waals surface area contributed by atoms with E-state index in [1.54, 1.807) is 12.1 Å². The molecule has 0 unspecified atom stereocenters. The second kappa shape index (κ2) is 9.81. The first-order valence-electron chi connectivity index (χ1n) is 7.19. The van der Waals surface area contributed by atoms with Crippen LogP contribution in [-0.2, 0) is 0 Å². The Hall–Kier alpha value is -1.05. The number of guanidine groups is 1. The molecule has 0 bridgehead atoms. The Morgan fingerprint density at radius 2 is 2.10 bits per heavy atom. The van der Waals surface area contributed by atoms with E-state index >= 15 is 0 Å². The van der Waals surface area contributed by atoms with Gasteiger partial charge in [-0.05, 0) is 25.0 Å². The van der Waals surface area contributed by atoms with Crippen LogP contribution in [0.4, 0.5) is 4.39 Å². The van der Waals surface area contributed by atoms with E-state index in [0.29, 0.717) is 30.9 Å². The first-order chi connectivity index (χ1) is 9.74. The summed E-state index contributed by atoms with van der Waals surface area (Å²) >= 11 is 0. The molecular formula is C15H23FIN3O. The lowest BCUT2D eigenvalue weighted by Gasteiger charge is -2.23. The van der Waals surface area contributed by atoms with Crippen molar-refractivity contribution in [3.63, 3.8) is 0 Å². The number of nitrogens with one attached hydrogen (secondary N) is 1. The maximum Gasteiger partial charge on any atom is 0.188 e. The zero-order valence-corrected chi connectivity index (χ0v) is 14.4. The average Bonchev–Trinajstić information content (AvgIpc) is 2.45. The van der Waals surface area contributed by atoms with Gasteiger partial charge in [-0.15, -0.1) is 24.0 Å². The molecule has 0 radical (unpaired) electrons. The number of hydrogen-bond donors (Lipinski definition) is 2. The highest BCUT2D eigenvalue weighted by Gasteiger charge is 2.12. The van der Waals surface area contributed by atoms with E-state index < -0.39 is 0 Å². The van der Waals surface area contributed by atoms with Crippen molar-refractivity contribution in [1.82, 2.24) is 5.32 Å². The third kappa shape index (κ3) is 6.97. The molecule has 1 fully saturated rings. The van der Waals surface area contributed by atoms with Crippen LogP contribution >= 0.6 is 24.0 Å². The van der Waals surface area contributed by atoms with Crippen LogP contribution in [0.1, 0.15) is 32.1 Å². The minimum atomic E-state index is -0.301. The Morgan fingerprint density at radius 3 is 2.81 bits per heavy atom. The van der Waals surface area contributed by atoms with Crippen molar-refractivity contribution in [2.45, 2.75) is 38.1 Å². The Balaban J connectivity index is 0.00000220. The molecule has 3 N–H and O–H groups in total. The summed E-state index contributed by atoms with van der Waals surface area (Å²) < 4.78 is 18.3. The normalized spacial score (nSPS) is 16.1. The second-order valence-corrected chi connectivity index (χ2v) is 5.05. The molecule has 4 nitrogen and oxygen atoms in total. The monoisotopic (exact) mass is 407 g/mol. The van der Waals surface area contributed by atoms with Crippen molar-refractivity contribution in [3.05, 3.63) is 30.1 Å². The van der Waals surface area contributed by atoms with Gasteiger partial charge in [0.1, 0.15) is 18.2 Å². The maximum absolute atomic E-state index is 12.9. The predicted molar refractivity (Wildman–Crippen MR) is 93.8 cm³/mol. The molecule has 118 valence electrons. The van der Waals surface area contributed by atoms with Crippen molar-refractivity contribution in [2.24, 2.45) is 10.7 Å². The molecule has 1 aromatic rings. The van der Waals surface area contributed by atoms with E-state index in [1.165, 1.54) is 31.4 Å². The van der Waals surface area contributed by atoms with Crippen LogP contribution in [0.5, 0.6) is 5.75 Å². The summed E-state index contributed by atoms with van der Waals surface area (Å²) in [6, 6.07) is 6.53. The molecule has 0 aromatic heterocycles. The van der Waals surface area contributed by atoms with E-state index in [1.807, 2.05) is 0 Å². The fraction of sp³-hybridized carbons (Fsp3) is 0.533. The zero-order valence-electron chi connectivity index (χ0n) is 12.1. The lowest BCUT2D eigenvalue weighted by molar-refractivity contribution is 0.326. The number of ether oxygens (including phenoxy) is 1. The fourth-order valence-corrected chi connectivity index (χ4v) is 2.39. The van der Waals surface area contributed by atoms with Crippen LogP contribution in [0.15, 0.2) is 29.3 Å². The van der Waals surface area contributed by atoms with Gasteiger partial charge in [0.2, 0.25) is 0 Å². The van der Waals surface area contributed by atoms with Gasteiger partial charge in [-0.2, -0.15) is 0 Å². The lowest BCUT2D eigenvalue weighted by Crippen LogP contribution is -2.41. The van der Waals surface area contributed by atoms with Crippen LogP contribution in [0.2, 0.25) is 0 Å². The van der Waals surface area contributed by atoms with Crippen LogP contribution in [0.3, 0.4) is 0 Å². The van der Waals surface area contributed by atoms with Crippen LogP contribution in [0, 0.1) is 5.82 Å². The molecule has 0 atom stereocenters. The standard InChI is InChI=1S/C15H22FN3O.HI/c16-12-5-4-8-14(11-12)20-10-9-18-15(17)19-13-6-2-1-3-7-13;/h4-5,8,11,13H,1-3,6-7,9-10H2,(H3,17,18,19);1H. The van der Waals surface area contributed by atoms with Crippen LogP contribution in [-0.4, -0.2) is 25.2 Å². The second-order valence-electron chi connectivity index (χ2n) is 5.05. The Bertz CT molecular complexity index is 450. The summed E-state index contributed by atoms with van der Waals surface area (Å²) in [6.07, 6.45) is 6.16. The topological polar surface area (TPSA) is 59.6 Å². The minimum Gasteiger partial charge on any atom is -0.492 e. The summed E-state index contributed by atoms with van der Waals surface area (Å²) in [5, 5.41) is 3.24. The molecule has 2 rings (SSSR count). The summed E-state index contributed by atoms with van der Waals surface area (Å²) in [5.74, 6) is 0.684. The van der Waals surface area contributed by atoms with Gasteiger partial charge in [-0.1, -0.05) is 25.3 Å². The number of nitrogens with two attached hydrogens (primary N) is 1. The molecule has 21 heavy (non-hydrogen) atoms. The van der Waals surface area contributed by atoms with Crippen molar-refractivity contribution in [2.75, 3.05) is 13.2 Å². The van der Waals surface area contributed by atoms with Gasteiger partial charge in [-0.3, -0.25) is 0 Å². The molecule has 6 heteroatoms. The quantitative estimate of drug-likeness (QED) is 0.342. The van der Waals surface area contributed by atoms with Gasteiger partial charge < -0.3 is 15.8 Å². The summed E-state index contributed by atoms with van der Waals surface area (Å²) in [6.45, 7) is 0.846. The summed E-state index contributed by atoms with van der Waals surface area (Å²) in [7, 11) is 0. The Labute approximate surface area is 142 Å². The van der Waals surface area contributed by atoms with Gasteiger partial charge in [-0.25, -0.2) is 9.38 Å². The first-order valence-corrected chi connectivity index (χ1v) is 7.19. The smallest absolute Gasteiger partial charge is 0.188 e. The number of halogens is 2. The first kappa shape index (κ1) is 18.0. The van der Waals surface area contributed by atoms with Gasteiger partial charge in [0, 0.05) is 12.1 Å². The van der Waals surface area contributed by atoms with E-state index in [0.717, 1.165) is 12.8 Å². The molecule has 1 aromatic carbocycles. The summed E-state index contributed by atoms with van der Waals surface area (Å²) in [5.41, 5.74) is 5.83. The average molecular weight is 407 g/mol. The highest BCUT2D eigenvalue weighted by atomic mass is 127. The van der Waals surface area contributed by atoms with E-state index in [9.17, 15) is 4.39 Å². The molecular weight excluding hydrogens is 384 g/mol. The number of aliphatic imine (C=N–C) groups is 1. The minimum absolute atomic E-state index is 0. The number of benzene rings is 1. The molecule has 0 aliphatic heterocycles. The number of rotatable bonds is 5. The SMILES string of the molecule is I.NC(=NCCOc1cccc(F)c1)NC1CCCCC1. The molecule has 1 aliphatic rings. The Morgan fingerprint density at radius 1 is 1.33 bits per heavy atom. The third-order valence-electron chi connectivity index (χ3n) is 3.40. The van der Waals surface area contributed by atoms with Gasteiger partial charge in [0.15, 0.2) is 5.96 Å². The molecule has 1 saturated carbocycles. The van der Waals surface area contributed by atoms with Crippen LogP contribution in [0.25, 0.3) is 0 Å². The third-order valence-corrected chi connectivity index (χ3v) is 3.40. The fourth-order valence-electron chi connectivity index (χ4n) is 2.39. The molecule has 1 aliphatic carbocycles. The van der Waals surface area contributed by atoms with Gasteiger partial charge in [0.25, 0.3) is 0 Å². The predicted octanol–water partition coefficient (Wildman–Crippen LogP) is 3.06. The number of hydrogen-bond acceptors (Lipinski definition) is 2. The molecule has 0 heterocycles. The van der Waals surface area contributed by atoms with Crippen molar-refractivity contribution >= 4 is 29.9 Å². The lowest BCUT2D eigenvalue weighted by atomic mass is 9.96. The largest absolute Gasteiger partial charge is 0.492 e. The highest BCUT2D eigenvalue weighted by molar-refractivity contribution is 14.0. The van der Waals surface area contributed by atoms with Crippen molar-refractivity contribution in [1.29, 1.82) is 0 Å². The van der Waals surface area contributed by atoms with Gasteiger partial charge >= 0.3 is 0 Å².